The fourth-order valence-electron chi connectivity index (χ4n) is 2.79. The third-order valence-electron chi connectivity index (χ3n) is 4.62. The van der Waals surface area contributed by atoms with Crippen LogP contribution >= 0.6 is 0 Å². The number of para-hydroxylation sites is 2. The molecule has 0 bridgehead atoms. The van der Waals surface area contributed by atoms with Gasteiger partial charge in [0.15, 0.2) is 0 Å². The molecule has 2 aliphatic heterocycles. The Kier molecular flexibility index (Phi) is 12.9. The van der Waals surface area contributed by atoms with Gasteiger partial charge >= 0.3 is 20.4 Å². The van der Waals surface area contributed by atoms with Gasteiger partial charge in [-0.25, -0.2) is 10.0 Å². The maximum Gasteiger partial charge on any atom is 2.00 e. The van der Waals surface area contributed by atoms with E-state index in [0.29, 0.717) is 0 Å². The summed E-state index contributed by atoms with van der Waals surface area (Å²) in [6.07, 6.45) is 8.36. The van der Waals surface area contributed by atoms with E-state index in [2.05, 4.69) is 96.8 Å². The van der Waals surface area contributed by atoms with Crippen LogP contribution in [0.5, 0.6) is 0 Å². The third kappa shape index (κ3) is 7.06. The molecule has 0 spiro atoms. The molecule has 2 radical (unpaired) electrons. The zero-order valence-corrected chi connectivity index (χ0v) is 21.7. The van der Waals surface area contributed by atoms with Crippen molar-refractivity contribution in [2.45, 2.75) is 13.8 Å². The first-order valence-corrected chi connectivity index (χ1v) is 8.77. The van der Waals surface area contributed by atoms with Crippen molar-refractivity contribution in [1.29, 1.82) is 0 Å². The minimum Gasteiger partial charge on any atom is -1.00 e. The van der Waals surface area contributed by atoms with Crippen LogP contribution in [0.15, 0.2) is 85.2 Å². The van der Waals surface area contributed by atoms with E-state index in [-0.39, 0.29) is 54.4 Å². The second kappa shape index (κ2) is 13.4. The number of hydrazine groups is 2. The van der Waals surface area contributed by atoms with Crippen LogP contribution in [0.1, 0.15) is 13.8 Å². The molecule has 4 rings (SSSR count). The van der Waals surface area contributed by atoms with Crippen molar-refractivity contribution in [3.05, 3.63) is 97.3 Å². The van der Waals surface area contributed by atoms with Crippen molar-refractivity contribution in [3.63, 3.8) is 0 Å². The van der Waals surface area contributed by atoms with E-state index in [4.69, 9.17) is 0 Å². The van der Waals surface area contributed by atoms with Gasteiger partial charge < -0.3 is 34.0 Å². The maximum absolute atomic E-state index is 2.12. The minimum absolute atomic E-state index is 0. The van der Waals surface area contributed by atoms with Crippen LogP contribution in [0.4, 0.5) is 11.4 Å². The first kappa shape index (κ1) is 28.1. The molecule has 0 unspecified atom stereocenters. The molecule has 2 aromatic carbocycles. The Bertz CT molecular complexity index is 692. The average Bonchev–Trinajstić information content (AvgIpc) is 3.19. The summed E-state index contributed by atoms with van der Waals surface area (Å²) in [6.45, 7) is 4.19. The third-order valence-corrected chi connectivity index (χ3v) is 4.62. The molecule has 2 aromatic rings. The average molecular weight is 613 g/mol. The zero-order chi connectivity index (χ0) is 18.5. The number of hydrogen-bond donors (Lipinski definition) is 0. The van der Waals surface area contributed by atoms with E-state index >= 15 is 0 Å². The summed E-state index contributed by atoms with van der Waals surface area (Å²) in [4.78, 5) is 0. The van der Waals surface area contributed by atoms with Gasteiger partial charge in [0, 0.05) is 26.5 Å². The summed E-state index contributed by atoms with van der Waals surface area (Å²) >= 11 is 0. The predicted octanol–water partition coefficient (Wildman–Crippen LogP) is -1.16. The molecule has 2 aliphatic rings. The van der Waals surface area contributed by atoms with Crippen molar-refractivity contribution in [2.24, 2.45) is 0 Å². The van der Waals surface area contributed by atoms with Crippen LogP contribution in [0.2, 0.25) is 0 Å². The quantitative estimate of drug-likeness (QED) is 0.398. The summed E-state index contributed by atoms with van der Waals surface area (Å²) in [5.74, 6) is 0. The Morgan fingerprint density at radius 1 is 0.552 bits per heavy atom. The van der Waals surface area contributed by atoms with Crippen LogP contribution in [0.25, 0.3) is 0 Å². The van der Waals surface area contributed by atoms with Crippen molar-refractivity contribution in [1.82, 2.24) is 10.0 Å². The van der Waals surface area contributed by atoms with E-state index in [1.54, 1.807) is 0 Å². The minimum atomic E-state index is 0. The van der Waals surface area contributed by atoms with Crippen molar-refractivity contribution < 1.29 is 54.4 Å². The second-order valence-electron chi connectivity index (χ2n) is 6.32. The van der Waals surface area contributed by atoms with Gasteiger partial charge in [-0.05, 0) is 50.3 Å². The van der Waals surface area contributed by atoms with E-state index in [1.165, 1.54) is 23.5 Å². The normalized spacial score (nSPS) is 16.6. The number of nitrogens with zero attached hydrogens (tertiary/aromatic N) is 4. The van der Waals surface area contributed by atoms with E-state index in [9.17, 15) is 0 Å². The van der Waals surface area contributed by atoms with Crippen molar-refractivity contribution in [3.8, 4) is 0 Å². The molecule has 0 fully saturated rings. The Morgan fingerprint density at radius 2 is 0.862 bits per heavy atom. The Morgan fingerprint density at radius 3 is 1.10 bits per heavy atom. The fourth-order valence-corrected chi connectivity index (χ4v) is 2.79. The Balaban J connectivity index is 0.000000490. The van der Waals surface area contributed by atoms with Gasteiger partial charge in [0.25, 0.3) is 0 Å². The largest absolute Gasteiger partial charge is 2.00 e. The number of hydrogen-bond acceptors (Lipinski definition) is 4. The molecule has 7 heteroatoms. The predicted molar refractivity (Wildman–Crippen MR) is 109 cm³/mol. The van der Waals surface area contributed by atoms with Crippen LogP contribution in [-0.4, -0.2) is 24.1 Å². The molecule has 29 heavy (non-hydrogen) atoms. The summed E-state index contributed by atoms with van der Waals surface area (Å²) in [5, 5.41) is 8.48. The molecule has 0 saturated heterocycles. The molecule has 0 saturated carbocycles. The van der Waals surface area contributed by atoms with Gasteiger partial charge in [0.1, 0.15) is 0 Å². The summed E-state index contributed by atoms with van der Waals surface area (Å²) in [6, 6.07) is 23.1. The Labute approximate surface area is 210 Å². The van der Waals surface area contributed by atoms with E-state index in [0.717, 1.165) is 0 Å². The van der Waals surface area contributed by atoms with Gasteiger partial charge in [0.2, 0.25) is 0 Å². The molecular weight excluding hydrogens is 586 g/mol. The molecule has 0 aromatic heterocycles. The number of benzene rings is 2. The molecular formula is C22H26Br2N4Pd. The number of anilines is 2. The SMILES string of the molecule is C[C]1C=CN(c2ccccc2)N1C.C[C]1C=CN(c2ccccc2)N1C.[Br-].[Br-].[Pd+2]. The van der Waals surface area contributed by atoms with Gasteiger partial charge in [-0.1, -0.05) is 36.4 Å². The van der Waals surface area contributed by atoms with Crippen LogP contribution in [0.3, 0.4) is 0 Å². The fraction of sp³-hybridized carbons (Fsp3) is 0.182. The van der Waals surface area contributed by atoms with Crippen LogP contribution in [0, 0.1) is 12.1 Å². The maximum atomic E-state index is 2.12. The molecule has 2 heterocycles. The van der Waals surface area contributed by atoms with Gasteiger partial charge in [-0.2, -0.15) is 0 Å². The van der Waals surface area contributed by atoms with E-state index in [1.807, 2.05) is 36.4 Å². The zero-order valence-electron chi connectivity index (χ0n) is 16.9. The molecule has 158 valence electrons. The molecule has 0 aliphatic carbocycles. The first-order chi connectivity index (χ1) is 12.6. The monoisotopic (exact) mass is 610 g/mol. The second-order valence-corrected chi connectivity index (χ2v) is 6.32. The number of likely N-dealkylation sites (N-methyl/N-ethyl adjacent to an activating group) is 2. The molecule has 0 amide bonds. The summed E-state index contributed by atoms with van der Waals surface area (Å²) in [5.41, 5.74) is 2.39. The van der Waals surface area contributed by atoms with Crippen molar-refractivity contribution in [2.75, 3.05) is 24.1 Å². The first-order valence-electron chi connectivity index (χ1n) is 8.77. The number of halogens is 2. The van der Waals surface area contributed by atoms with Gasteiger partial charge in [0.05, 0.1) is 23.5 Å². The molecule has 0 N–H and O–H groups in total. The van der Waals surface area contributed by atoms with Gasteiger partial charge in [-0.15, -0.1) is 0 Å². The standard InChI is InChI=1S/2C11H13N2.2BrH.Pd/c2*1-10-8-9-13(12(10)2)11-6-4-3-5-7-11;;;/h2*3-9H,1-2H3;2*1H;/q;;;;+2/p-2. The van der Waals surface area contributed by atoms with Crippen molar-refractivity contribution >= 4 is 11.4 Å². The number of rotatable bonds is 2. The molecule has 4 nitrogen and oxygen atoms in total. The topological polar surface area (TPSA) is 13.0 Å². The van der Waals surface area contributed by atoms with Crippen LogP contribution < -0.4 is 44.0 Å². The smallest absolute Gasteiger partial charge is 1.00 e. The molecule has 0 atom stereocenters. The van der Waals surface area contributed by atoms with Crippen LogP contribution in [-0.2, 0) is 20.4 Å². The van der Waals surface area contributed by atoms with E-state index < -0.39 is 0 Å². The van der Waals surface area contributed by atoms with Gasteiger partial charge in [-0.3, -0.25) is 10.0 Å². The summed E-state index contributed by atoms with van der Waals surface area (Å²) < 4.78 is 0. The Hall–Kier alpha value is -0.938. The summed E-state index contributed by atoms with van der Waals surface area (Å²) in [7, 11) is 4.12.